The van der Waals surface area contributed by atoms with Crippen LogP contribution in [0.3, 0.4) is 0 Å². The molecule has 11 atom stereocenters. The number of likely N-dealkylation sites (tertiary alicyclic amines) is 2. The number of halogens is 6. The lowest BCUT2D eigenvalue weighted by molar-refractivity contribution is -0.150. The molecule has 3 aromatic carbocycles. The lowest BCUT2D eigenvalue weighted by Crippen LogP contribution is -2.54. The van der Waals surface area contributed by atoms with Crippen molar-refractivity contribution in [3.8, 4) is 28.2 Å². The summed E-state index contributed by atoms with van der Waals surface area (Å²) in [5, 5.41) is 41.0. The van der Waals surface area contributed by atoms with Gasteiger partial charge in [-0.1, -0.05) is 136 Å². The molecular formula is C89H103Br6N7O24. The van der Waals surface area contributed by atoms with Gasteiger partial charge in [0.2, 0.25) is 29.5 Å². The Balaban J connectivity index is 0.000000294. The Kier molecular flexibility index (Phi) is 39.4. The molecule has 31 nitrogen and oxygen atoms in total. The Labute approximate surface area is 779 Å². The zero-order valence-electron chi connectivity index (χ0n) is 71.4. The summed E-state index contributed by atoms with van der Waals surface area (Å²) >= 11 is 18.2. The Morgan fingerprint density at radius 3 is 1.73 bits per heavy atom. The standard InChI is InChI=1S/C51H78N4O11.C24H11Br2NO7.C10H13Br2NO4.C4HBr2NO2/c1-12-34(6)48(42(65-10)31-46(61)54-27-19-22-39(54)49(66-11)35(7)40(56)29-37(51(63)64)28-36-20-15-13-16-21-36)53(9)50(62)38(32(2)3)30-41(57)47(33(4)5)52(8)43(58)23-17-14-18-26-55-44(59)24-25-45(55)60;25-20-21(26)23(31)27(22(20)30)10-1-4-13(16(7-10)24(32)33)19-14-5-2-11(28)8-17(14)34-18-9-12(29)3-6-15(18)19;11-7-8(12)10(17)13(9(7)16)5-3-1-2-4-6(14)15;5-1-2(6)4(9)7-3(1)8/h13,15-16,20-21,24-25,32-35,37-39,42,47-49H,12,14,17-19,22-23,26-31H2,1-11H3,(H,63,64);1-9,28H,(H,32,33);7-8H,1-5H2,(H,14,15);(H,7,8,9)/t34-,35-,37+,38-,39-,42+,47-,48-,49+;;;/m0.../s1. The van der Waals surface area contributed by atoms with E-state index in [-0.39, 0.29) is 173 Å². The average molecular weight is 2130 g/mol. The number of hydrogen-bond donors (Lipinski definition) is 5. The molecular weight excluding hydrogens is 2030 g/mol. The highest BCUT2D eigenvalue weighted by atomic mass is 79.9. The predicted octanol–water partition coefficient (Wildman–Crippen LogP) is 13.0. The van der Waals surface area contributed by atoms with E-state index in [2.05, 4.69) is 101 Å². The minimum Gasteiger partial charge on any atom is -0.508 e. The van der Waals surface area contributed by atoms with E-state index < -0.39 is 99.3 Å². The van der Waals surface area contributed by atoms with Crippen molar-refractivity contribution in [3.63, 3.8) is 0 Å². The number of Topliss-reactive ketones (excluding diaryl/α,β-unsaturated/α-hetero) is 2. The molecule has 126 heavy (non-hydrogen) atoms. The van der Waals surface area contributed by atoms with E-state index in [9.17, 15) is 96.8 Å². The molecule has 7 aliphatic rings. The number of ketones is 2. The molecule has 0 spiro atoms. The molecule has 3 aromatic rings. The van der Waals surface area contributed by atoms with E-state index >= 15 is 0 Å². The number of unbranched alkanes of at least 4 members (excludes halogenated alkanes) is 4. The SMILES string of the molecule is CC[C@H](C)[C@@H]([C@@H](CC(=O)N1CCC[C@H]1[C@H](OC)[C@@H](C)C(=O)C[C@@H](Cc1ccccc1)C(=O)O)OC)N(C)C(=O)[C@@H](CC(=O)[C@H](C(C)C)N(C)C(=O)CCCCCN1C(=O)C=CC1=O)C(C)C.O=C(O)CCCCCN1C(=O)C(Br)C(Br)C1=O.O=C(O)c1cc(N2C(=O)C(Br)=C(Br)C2=O)ccc1-c1c2ccc(=O)cc-2oc2cc(O)ccc12.O=C1NC(=O)C(Br)=C1Br. The molecule has 2 fully saturated rings. The van der Waals surface area contributed by atoms with Crippen LogP contribution < -0.4 is 15.6 Å². The quantitative estimate of drug-likeness (QED) is 0.0106. The third kappa shape index (κ3) is 26.1. The minimum atomic E-state index is -1.29. The Bertz CT molecular complexity index is 5010. The second kappa shape index (κ2) is 47.8. The maximum absolute atomic E-state index is 14.6. The van der Waals surface area contributed by atoms with Crippen LogP contribution in [0, 0.1) is 35.5 Å². The number of likely N-dealkylation sites (N-methyl/N-ethyl adjacent to an activating group) is 2. The van der Waals surface area contributed by atoms with Gasteiger partial charge in [0.25, 0.3) is 35.4 Å². The van der Waals surface area contributed by atoms with Gasteiger partial charge in [-0.25, -0.2) is 9.69 Å². The van der Waals surface area contributed by atoms with Gasteiger partial charge in [0.15, 0.2) is 11.2 Å². The number of hydrogen-bond acceptors (Lipinski definition) is 21. The number of rotatable bonds is 38. The van der Waals surface area contributed by atoms with Gasteiger partial charge in [-0.3, -0.25) is 91.8 Å². The van der Waals surface area contributed by atoms with Gasteiger partial charge >= 0.3 is 17.9 Å². The number of nitrogens with one attached hydrogen (secondary N) is 1. The number of benzene rings is 4. The molecule has 0 aromatic heterocycles. The smallest absolute Gasteiger partial charge is 0.336 e. The molecule has 2 saturated heterocycles. The summed E-state index contributed by atoms with van der Waals surface area (Å²) in [7, 11) is 6.35. The average Bonchev–Trinajstić information content (AvgIpc) is 0.982. The second-order valence-corrected chi connectivity index (χ2v) is 37.0. The fourth-order valence-electron chi connectivity index (χ4n) is 15.8. The van der Waals surface area contributed by atoms with Crippen LogP contribution >= 0.6 is 95.6 Å². The minimum absolute atomic E-state index is 0.0355. The number of carboxylic acid groups (broad SMARTS) is 3. The topological polar surface area (TPSA) is 434 Å². The van der Waals surface area contributed by atoms with Crippen LogP contribution in [0.1, 0.15) is 154 Å². The van der Waals surface area contributed by atoms with Crippen molar-refractivity contribution in [1.82, 2.24) is 29.8 Å². The number of nitrogens with zero attached hydrogens (tertiary/aromatic N) is 6. The van der Waals surface area contributed by atoms with E-state index in [0.29, 0.717) is 87.4 Å². The molecule has 6 aliphatic heterocycles. The highest BCUT2D eigenvalue weighted by Gasteiger charge is 2.47. The largest absolute Gasteiger partial charge is 0.508 e. The molecule has 680 valence electrons. The van der Waals surface area contributed by atoms with Crippen molar-refractivity contribution in [2.45, 2.75) is 185 Å². The first-order chi connectivity index (χ1) is 59.4. The number of fused-ring (bicyclic) bond motifs is 2. The molecule has 37 heteroatoms. The third-order valence-corrected chi connectivity index (χ3v) is 29.3. The number of alkyl halides is 2. The number of phenolic OH excluding ortho intramolecular Hbond substituents is 1. The fourth-order valence-corrected chi connectivity index (χ4v) is 18.0. The maximum atomic E-state index is 14.6. The molecule has 0 bridgehead atoms. The first-order valence-corrected chi connectivity index (χ1v) is 46.0. The molecule has 10 rings (SSSR count). The molecule has 1 aliphatic carbocycles. The van der Waals surface area contributed by atoms with Crippen molar-refractivity contribution < 1.29 is 111 Å². The van der Waals surface area contributed by atoms with Gasteiger partial charge in [-0.2, -0.15) is 0 Å². The van der Waals surface area contributed by atoms with Crippen molar-refractivity contribution in [3.05, 3.63) is 136 Å². The van der Waals surface area contributed by atoms with Crippen molar-refractivity contribution in [2.24, 2.45) is 35.5 Å². The molecule has 5 N–H and O–H groups in total. The van der Waals surface area contributed by atoms with Crippen LogP contribution in [-0.4, -0.2) is 227 Å². The number of anilines is 1. The van der Waals surface area contributed by atoms with Crippen LogP contribution in [0.15, 0.2) is 124 Å². The molecule has 6 heterocycles. The number of carbonyl (C=O) groups excluding carboxylic acids is 13. The number of imide groups is 4. The van der Waals surface area contributed by atoms with Gasteiger partial charge in [0, 0.05) is 126 Å². The van der Waals surface area contributed by atoms with Gasteiger partial charge in [-0.15, -0.1) is 0 Å². The van der Waals surface area contributed by atoms with E-state index in [0.717, 1.165) is 10.5 Å². The van der Waals surface area contributed by atoms with Crippen LogP contribution in [0.2, 0.25) is 0 Å². The lowest BCUT2D eigenvalue weighted by Gasteiger charge is -2.41. The van der Waals surface area contributed by atoms with Crippen LogP contribution in [0.5, 0.6) is 5.75 Å². The van der Waals surface area contributed by atoms with Crippen LogP contribution in [0.4, 0.5) is 5.69 Å². The number of aliphatic carboxylic acids is 2. The Morgan fingerprint density at radius 2 is 1.21 bits per heavy atom. The van der Waals surface area contributed by atoms with Crippen molar-refractivity contribution >= 4 is 207 Å². The number of amides is 11. The summed E-state index contributed by atoms with van der Waals surface area (Å²) in [6.45, 7) is 14.4. The molecule has 0 radical (unpaired) electrons. The van der Waals surface area contributed by atoms with Crippen molar-refractivity contribution in [1.29, 1.82) is 0 Å². The van der Waals surface area contributed by atoms with E-state index in [4.69, 9.17) is 19.0 Å². The number of ether oxygens (including phenoxy) is 2. The highest BCUT2D eigenvalue weighted by Crippen LogP contribution is 2.44. The zero-order chi connectivity index (χ0) is 93.7. The summed E-state index contributed by atoms with van der Waals surface area (Å²) in [5.74, 6) is -10.2. The molecule has 11 amide bonds. The second-order valence-electron chi connectivity index (χ2n) is 31.8. The first-order valence-electron chi connectivity index (χ1n) is 40.9. The number of phenols is 1. The third-order valence-electron chi connectivity index (χ3n) is 22.7. The zero-order valence-corrected chi connectivity index (χ0v) is 80.9. The normalized spacial score (nSPS) is 18.3. The van der Waals surface area contributed by atoms with Gasteiger partial charge in [0.1, 0.15) is 50.5 Å². The summed E-state index contributed by atoms with van der Waals surface area (Å²) in [6.07, 6.45) is 6.96. The van der Waals surface area contributed by atoms with Gasteiger partial charge < -0.3 is 49.0 Å². The number of aromatic carboxylic acids is 1. The molecule has 2 unspecified atom stereocenters. The summed E-state index contributed by atoms with van der Waals surface area (Å²) < 4.78 is 18.4. The van der Waals surface area contributed by atoms with Crippen molar-refractivity contribution in [2.75, 3.05) is 52.8 Å². The van der Waals surface area contributed by atoms with Gasteiger partial charge in [-0.05, 0) is 174 Å². The van der Waals surface area contributed by atoms with Crippen LogP contribution in [0.25, 0.3) is 33.4 Å². The summed E-state index contributed by atoms with van der Waals surface area (Å²) in [5.41, 5.74) is 1.89. The first kappa shape index (κ1) is 104. The Morgan fingerprint density at radius 1 is 0.627 bits per heavy atom. The van der Waals surface area contributed by atoms with E-state index in [1.165, 1.54) is 89.6 Å². The molecule has 0 saturated carbocycles. The fraction of sp³-hybridized carbons (Fsp3) is 0.472. The number of carbonyl (C=O) groups is 16. The maximum Gasteiger partial charge on any atom is 0.336 e. The van der Waals surface area contributed by atoms with Crippen LogP contribution in [-0.2, 0) is 87.8 Å². The monoisotopic (exact) mass is 2130 g/mol. The summed E-state index contributed by atoms with van der Waals surface area (Å²) in [6, 6.07) is 20.2. The number of aromatic hydroxyl groups is 1. The highest BCUT2D eigenvalue weighted by molar-refractivity contribution is 9.15. The predicted molar refractivity (Wildman–Crippen MR) is 488 cm³/mol. The van der Waals surface area contributed by atoms with E-state index in [1.807, 2.05) is 71.9 Å². The number of methoxy groups -OCH3 is 2. The number of carboxylic acids is 3. The van der Waals surface area contributed by atoms with Gasteiger partial charge in [0.05, 0.1) is 53.9 Å². The van der Waals surface area contributed by atoms with E-state index in [1.54, 1.807) is 36.9 Å². The lowest BCUT2D eigenvalue weighted by atomic mass is 9.83. The Hall–Kier alpha value is -9.11. The summed E-state index contributed by atoms with van der Waals surface area (Å²) in [4.78, 5) is 217.